The SMILES string of the molecule is O=C(c1cccc(S(=O)(=O)N2CCc3ccccc32)c1)N1CCC[C@H]1c1nc2ccccc2s1. The average molecular weight is 490 g/mol. The number of benzene rings is 3. The second kappa shape index (κ2) is 8.21. The Morgan fingerprint density at radius 1 is 0.971 bits per heavy atom. The molecule has 3 heterocycles. The number of aromatic nitrogens is 1. The lowest BCUT2D eigenvalue weighted by Crippen LogP contribution is -2.31. The smallest absolute Gasteiger partial charge is 0.264 e. The maximum atomic E-state index is 13.5. The van der Waals surface area contributed by atoms with Crippen LogP contribution < -0.4 is 4.31 Å². The van der Waals surface area contributed by atoms with Crippen LogP contribution >= 0.6 is 11.3 Å². The average Bonchev–Trinajstić information content (AvgIpc) is 3.61. The Labute approximate surface area is 202 Å². The van der Waals surface area contributed by atoms with Crippen molar-refractivity contribution < 1.29 is 13.2 Å². The van der Waals surface area contributed by atoms with Crippen molar-refractivity contribution in [2.24, 2.45) is 0 Å². The van der Waals surface area contributed by atoms with Crippen LogP contribution in [-0.2, 0) is 16.4 Å². The summed E-state index contributed by atoms with van der Waals surface area (Å²) in [5.74, 6) is -0.152. The molecule has 3 aromatic carbocycles. The summed E-state index contributed by atoms with van der Waals surface area (Å²) >= 11 is 1.62. The fourth-order valence-corrected chi connectivity index (χ4v) is 7.60. The molecule has 1 atom stereocenters. The van der Waals surface area contributed by atoms with Gasteiger partial charge in [-0.25, -0.2) is 13.4 Å². The first-order valence-corrected chi connectivity index (χ1v) is 13.7. The maximum absolute atomic E-state index is 13.5. The van der Waals surface area contributed by atoms with Gasteiger partial charge in [0.05, 0.1) is 26.8 Å². The highest BCUT2D eigenvalue weighted by Crippen LogP contribution is 2.38. The van der Waals surface area contributed by atoms with E-state index >= 15 is 0 Å². The minimum atomic E-state index is -3.76. The van der Waals surface area contributed by atoms with Gasteiger partial charge in [-0.05, 0) is 61.2 Å². The van der Waals surface area contributed by atoms with Crippen LogP contribution in [0.2, 0.25) is 0 Å². The maximum Gasteiger partial charge on any atom is 0.264 e. The molecule has 1 saturated heterocycles. The Hall–Kier alpha value is -3.23. The number of hydrogen-bond donors (Lipinski definition) is 0. The van der Waals surface area contributed by atoms with Crippen LogP contribution in [0.5, 0.6) is 0 Å². The van der Waals surface area contributed by atoms with Gasteiger partial charge in [-0.2, -0.15) is 0 Å². The van der Waals surface area contributed by atoms with Gasteiger partial charge in [0.2, 0.25) is 0 Å². The number of carbonyl (C=O) groups excluding carboxylic acids is 1. The van der Waals surface area contributed by atoms with Crippen molar-refractivity contribution in [1.29, 1.82) is 0 Å². The van der Waals surface area contributed by atoms with Gasteiger partial charge in [0.25, 0.3) is 15.9 Å². The molecular weight excluding hydrogens is 466 g/mol. The minimum Gasteiger partial charge on any atom is -0.329 e. The van der Waals surface area contributed by atoms with E-state index in [0.717, 1.165) is 39.3 Å². The zero-order chi connectivity index (χ0) is 23.3. The molecule has 0 radical (unpaired) electrons. The van der Waals surface area contributed by atoms with E-state index in [-0.39, 0.29) is 16.8 Å². The highest BCUT2D eigenvalue weighted by molar-refractivity contribution is 7.92. The zero-order valence-electron chi connectivity index (χ0n) is 18.4. The highest BCUT2D eigenvalue weighted by Gasteiger charge is 2.34. The predicted molar refractivity (Wildman–Crippen MR) is 134 cm³/mol. The fourth-order valence-electron chi connectivity index (χ4n) is 4.94. The number of fused-ring (bicyclic) bond motifs is 2. The van der Waals surface area contributed by atoms with Gasteiger partial charge in [-0.1, -0.05) is 36.4 Å². The topological polar surface area (TPSA) is 70.6 Å². The Bertz CT molecular complexity index is 1480. The van der Waals surface area contributed by atoms with E-state index in [1.807, 2.05) is 53.4 Å². The van der Waals surface area contributed by atoms with Gasteiger partial charge in [-0.15, -0.1) is 11.3 Å². The summed E-state index contributed by atoms with van der Waals surface area (Å²) in [7, 11) is -3.76. The van der Waals surface area contributed by atoms with E-state index in [9.17, 15) is 13.2 Å². The largest absolute Gasteiger partial charge is 0.329 e. The highest BCUT2D eigenvalue weighted by atomic mass is 32.2. The van der Waals surface area contributed by atoms with Crippen molar-refractivity contribution in [3.8, 4) is 0 Å². The molecule has 6 rings (SSSR count). The van der Waals surface area contributed by atoms with Crippen molar-refractivity contribution >= 4 is 43.2 Å². The lowest BCUT2D eigenvalue weighted by Gasteiger charge is -2.24. The number of nitrogens with zero attached hydrogens (tertiary/aromatic N) is 3. The van der Waals surface area contributed by atoms with Crippen molar-refractivity contribution in [2.45, 2.75) is 30.2 Å². The number of rotatable bonds is 4. The molecule has 172 valence electrons. The second-order valence-electron chi connectivity index (χ2n) is 8.66. The molecule has 34 heavy (non-hydrogen) atoms. The summed E-state index contributed by atoms with van der Waals surface area (Å²) in [6.45, 7) is 1.04. The third-order valence-electron chi connectivity index (χ3n) is 6.62. The Morgan fingerprint density at radius 2 is 1.79 bits per heavy atom. The van der Waals surface area contributed by atoms with Crippen molar-refractivity contribution in [3.63, 3.8) is 0 Å². The lowest BCUT2D eigenvalue weighted by molar-refractivity contribution is 0.0735. The van der Waals surface area contributed by atoms with E-state index in [1.165, 1.54) is 10.4 Å². The van der Waals surface area contributed by atoms with Crippen molar-refractivity contribution in [1.82, 2.24) is 9.88 Å². The van der Waals surface area contributed by atoms with Gasteiger partial charge < -0.3 is 4.90 Å². The van der Waals surface area contributed by atoms with E-state index < -0.39 is 10.0 Å². The quantitative estimate of drug-likeness (QED) is 0.403. The molecule has 2 aliphatic rings. The van der Waals surface area contributed by atoms with E-state index in [2.05, 4.69) is 0 Å². The third-order valence-corrected chi connectivity index (χ3v) is 9.57. The van der Waals surface area contributed by atoms with Crippen LogP contribution in [0.25, 0.3) is 10.2 Å². The standard InChI is InChI=1S/C26H23N3O3S2/c30-26(28-15-6-12-23(28)25-27-21-10-2-4-13-24(21)33-25)19-8-5-9-20(17-19)34(31,32)29-16-14-18-7-1-3-11-22(18)29/h1-5,7-11,13,17,23H,6,12,14-16H2/t23-/m0/s1. The van der Waals surface area contributed by atoms with E-state index in [1.54, 1.807) is 29.5 Å². The van der Waals surface area contributed by atoms with Gasteiger partial charge in [0.1, 0.15) is 5.01 Å². The monoisotopic (exact) mass is 489 g/mol. The molecular formula is C26H23N3O3S2. The molecule has 4 aromatic rings. The molecule has 1 fully saturated rings. The van der Waals surface area contributed by atoms with Gasteiger partial charge in [-0.3, -0.25) is 9.10 Å². The Kier molecular flexibility index (Phi) is 5.15. The molecule has 0 aliphatic carbocycles. The summed E-state index contributed by atoms with van der Waals surface area (Å²) in [6.07, 6.45) is 2.44. The van der Waals surface area contributed by atoms with E-state index in [4.69, 9.17) is 4.98 Å². The zero-order valence-corrected chi connectivity index (χ0v) is 20.1. The van der Waals surface area contributed by atoms with Crippen LogP contribution in [0.1, 0.15) is 39.8 Å². The summed E-state index contributed by atoms with van der Waals surface area (Å²) in [5.41, 5.74) is 3.08. The number of likely N-dealkylation sites (tertiary alicyclic amines) is 1. The second-order valence-corrected chi connectivity index (χ2v) is 11.6. The minimum absolute atomic E-state index is 0.0874. The number of para-hydroxylation sites is 2. The first kappa shape index (κ1) is 21.3. The molecule has 8 heteroatoms. The van der Waals surface area contributed by atoms with Crippen LogP contribution in [-0.4, -0.2) is 37.3 Å². The number of carbonyl (C=O) groups is 1. The normalized spacial score (nSPS) is 17.9. The number of sulfonamides is 1. The summed E-state index contributed by atoms with van der Waals surface area (Å²) in [6, 6.07) is 21.9. The van der Waals surface area contributed by atoms with Gasteiger partial charge in [0.15, 0.2) is 0 Å². The molecule has 0 saturated carbocycles. The molecule has 0 bridgehead atoms. The first-order chi connectivity index (χ1) is 16.5. The number of hydrogen-bond acceptors (Lipinski definition) is 5. The molecule has 0 N–H and O–H groups in total. The van der Waals surface area contributed by atoms with Crippen LogP contribution in [0, 0.1) is 0 Å². The van der Waals surface area contributed by atoms with Crippen molar-refractivity contribution in [3.05, 3.63) is 88.9 Å². The molecule has 0 spiro atoms. The third kappa shape index (κ3) is 3.49. The molecule has 6 nitrogen and oxygen atoms in total. The van der Waals surface area contributed by atoms with Gasteiger partial charge >= 0.3 is 0 Å². The van der Waals surface area contributed by atoms with E-state index in [0.29, 0.717) is 25.1 Å². The number of anilines is 1. The van der Waals surface area contributed by atoms with Crippen LogP contribution in [0.15, 0.2) is 77.7 Å². The molecule has 2 aliphatic heterocycles. The fraction of sp³-hybridized carbons (Fsp3) is 0.231. The van der Waals surface area contributed by atoms with Crippen LogP contribution in [0.3, 0.4) is 0 Å². The molecule has 0 unspecified atom stereocenters. The number of thiazole rings is 1. The van der Waals surface area contributed by atoms with Crippen molar-refractivity contribution in [2.75, 3.05) is 17.4 Å². The van der Waals surface area contributed by atoms with Gasteiger partial charge in [0, 0.05) is 18.7 Å². The number of amides is 1. The predicted octanol–water partition coefficient (Wildman–Crippen LogP) is 5.03. The summed E-state index contributed by atoms with van der Waals surface area (Å²) in [4.78, 5) is 20.3. The Balaban J connectivity index is 1.30. The summed E-state index contributed by atoms with van der Waals surface area (Å²) in [5, 5.41) is 0.935. The lowest BCUT2D eigenvalue weighted by atomic mass is 10.1. The first-order valence-electron chi connectivity index (χ1n) is 11.4. The molecule has 1 amide bonds. The Morgan fingerprint density at radius 3 is 2.68 bits per heavy atom. The van der Waals surface area contributed by atoms with Crippen LogP contribution in [0.4, 0.5) is 5.69 Å². The summed E-state index contributed by atoms with van der Waals surface area (Å²) < 4.78 is 29.5. The molecule has 1 aromatic heterocycles.